The van der Waals surface area contributed by atoms with Crippen LogP contribution in [0.15, 0.2) is 36.4 Å². The third kappa shape index (κ3) is 3.55. The Morgan fingerprint density at radius 3 is 2.62 bits per heavy atom. The molecule has 0 saturated carbocycles. The van der Waals surface area contributed by atoms with Gasteiger partial charge in [0.05, 0.1) is 18.8 Å². The van der Waals surface area contributed by atoms with Crippen LogP contribution in [0.4, 0.5) is 10.5 Å². The van der Waals surface area contributed by atoms with Gasteiger partial charge < -0.3 is 15.6 Å². The number of para-hydroxylation sites is 2. The zero-order valence-electron chi connectivity index (χ0n) is 12.2. The standard InChI is InChI=1S/C16H22N2O3/c1-21-15-11-7-6-10-14(15)18(16(19)20)13-9-5-3-2-4-8-12(13)17/h2-3,6-7,10-13H,4-5,8-9,17H2,1H3,(H,19,20)/b3-2+. The number of nitrogens with zero attached hydrogens (tertiary/aromatic N) is 1. The molecule has 0 bridgehead atoms. The van der Waals surface area contributed by atoms with Gasteiger partial charge in [-0.1, -0.05) is 24.3 Å². The minimum Gasteiger partial charge on any atom is -0.495 e. The molecule has 0 saturated heterocycles. The highest BCUT2D eigenvalue weighted by molar-refractivity contribution is 5.89. The summed E-state index contributed by atoms with van der Waals surface area (Å²) in [6, 6.07) is 6.72. The fourth-order valence-electron chi connectivity index (χ4n) is 2.77. The highest BCUT2D eigenvalue weighted by Gasteiger charge is 2.31. The first kappa shape index (κ1) is 15.4. The second kappa shape index (κ2) is 7.13. The maximum Gasteiger partial charge on any atom is 0.412 e. The van der Waals surface area contributed by atoms with Crippen molar-refractivity contribution in [2.45, 2.75) is 37.8 Å². The molecule has 1 aromatic rings. The van der Waals surface area contributed by atoms with Crippen LogP contribution in [0.2, 0.25) is 0 Å². The lowest BCUT2D eigenvalue weighted by atomic mass is 9.94. The molecule has 1 aromatic carbocycles. The SMILES string of the molecule is COc1ccccc1N(C(=O)O)C1CC/C=C/CCC1N. The largest absolute Gasteiger partial charge is 0.495 e. The topological polar surface area (TPSA) is 75.8 Å². The Morgan fingerprint density at radius 1 is 1.29 bits per heavy atom. The monoisotopic (exact) mass is 290 g/mol. The zero-order valence-corrected chi connectivity index (χ0v) is 12.2. The quantitative estimate of drug-likeness (QED) is 0.839. The van der Waals surface area contributed by atoms with E-state index in [2.05, 4.69) is 12.2 Å². The first-order valence-corrected chi connectivity index (χ1v) is 7.21. The van der Waals surface area contributed by atoms with Crippen molar-refractivity contribution >= 4 is 11.8 Å². The molecule has 5 nitrogen and oxygen atoms in total. The van der Waals surface area contributed by atoms with Gasteiger partial charge in [0.25, 0.3) is 0 Å². The molecule has 2 unspecified atom stereocenters. The van der Waals surface area contributed by atoms with Gasteiger partial charge in [0, 0.05) is 6.04 Å². The molecule has 1 aliphatic carbocycles. The Balaban J connectivity index is 2.37. The van der Waals surface area contributed by atoms with Gasteiger partial charge in [-0.3, -0.25) is 4.90 Å². The highest BCUT2D eigenvalue weighted by atomic mass is 16.5. The molecule has 3 N–H and O–H groups in total. The molecule has 2 rings (SSSR count). The van der Waals surface area contributed by atoms with Gasteiger partial charge in [-0.05, 0) is 37.8 Å². The lowest BCUT2D eigenvalue weighted by Gasteiger charge is -2.34. The second-order valence-corrected chi connectivity index (χ2v) is 5.18. The van der Waals surface area contributed by atoms with Crippen molar-refractivity contribution in [3.8, 4) is 5.75 Å². The molecule has 114 valence electrons. The van der Waals surface area contributed by atoms with E-state index in [0.29, 0.717) is 17.9 Å². The van der Waals surface area contributed by atoms with E-state index >= 15 is 0 Å². The van der Waals surface area contributed by atoms with Crippen molar-refractivity contribution in [3.05, 3.63) is 36.4 Å². The molecular formula is C16H22N2O3. The predicted octanol–water partition coefficient (Wildman–Crippen LogP) is 3.01. The van der Waals surface area contributed by atoms with Gasteiger partial charge in [-0.25, -0.2) is 4.79 Å². The smallest absolute Gasteiger partial charge is 0.412 e. The van der Waals surface area contributed by atoms with Crippen molar-refractivity contribution in [2.75, 3.05) is 12.0 Å². The van der Waals surface area contributed by atoms with Gasteiger partial charge in [0.1, 0.15) is 5.75 Å². The number of rotatable bonds is 3. The Hall–Kier alpha value is -2.01. The van der Waals surface area contributed by atoms with Crippen molar-refractivity contribution < 1.29 is 14.6 Å². The number of carboxylic acid groups (broad SMARTS) is 1. The Labute approximate surface area is 125 Å². The van der Waals surface area contributed by atoms with E-state index in [1.807, 2.05) is 12.1 Å². The fraction of sp³-hybridized carbons (Fsp3) is 0.438. The number of ether oxygens (including phenoxy) is 1. The van der Waals surface area contributed by atoms with Crippen LogP contribution < -0.4 is 15.4 Å². The van der Waals surface area contributed by atoms with E-state index in [1.54, 1.807) is 19.2 Å². The molecular weight excluding hydrogens is 268 g/mol. The van der Waals surface area contributed by atoms with Gasteiger partial charge in [-0.2, -0.15) is 0 Å². The first-order chi connectivity index (χ1) is 10.1. The van der Waals surface area contributed by atoms with Crippen LogP contribution in [0.1, 0.15) is 25.7 Å². The number of hydrogen-bond donors (Lipinski definition) is 2. The summed E-state index contributed by atoms with van der Waals surface area (Å²) in [6.45, 7) is 0. The lowest BCUT2D eigenvalue weighted by Crippen LogP contribution is -2.50. The molecule has 1 aliphatic rings. The number of anilines is 1. The molecule has 0 radical (unpaired) electrons. The summed E-state index contributed by atoms with van der Waals surface area (Å²) in [5.74, 6) is 0.546. The Morgan fingerprint density at radius 2 is 1.95 bits per heavy atom. The Kier molecular flexibility index (Phi) is 5.22. The number of carbonyl (C=O) groups is 1. The zero-order chi connectivity index (χ0) is 15.2. The normalized spacial score (nSPS) is 23.7. The molecule has 0 fully saturated rings. The number of benzene rings is 1. The average Bonchev–Trinajstić information content (AvgIpc) is 2.46. The van der Waals surface area contributed by atoms with Crippen LogP contribution in [-0.2, 0) is 0 Å². The second-order valence-electron chi connectivity index (χ2n) is 5.18. The summed E-state index contributed by atoms with van der Waals surface area (Å²) >= 11 is 0. The van der Waals surface area contributed by atoms with Crippen LogP contribution in [0.3, 0.4) is 0 Å². The summed E-state index contributed by atoms with van der Waals surface area (Å²) < 4.78 is 5.30. The molecule has 0 heterocycles. The van der Waals surface area contributed by atoms with Crippen molar-refractivity contribution in [1.82, 2.24) is 0 Å². The summed E-state index contributed by atoms with van der Waals surface area (Å²) in [7, 11) is 1.54. The molecule has 2 atom stereocenters. The van der Waals surface area contributed by atoms with Crippen LogP contribution in [0, 0.1) is 0 Å². The number of hydrogen-bond acceptors (Lipinski definition) is 3. The van der Waals surface area contributed by atoms with Crippen LogP contribution in [0.25, 0.3) is 0 Å². The van der Waals surface area contributed by atoms with Crippen molar-refractivity contribution in [1.29, 1.82) is 0 Å². The number of methoxy groups -OCH3 is 1. The highest BCUT2D eigenvalue weighted by Crippen LogP contribution is 2.32. The van der Waals surface area contributed by atoms with E-state index in [9.17, 15) is 9.90 Å². The maximum atomic E-state index is 11.8. The number of nitrogens with two attached hydrogens (primary N) is 1. The minimum atomic E-state index is -0.996. The molecule has 0 aromatic heterocycles. The van der Waals surface area contributed by atoms with E-state index in [0.717, 1.165) is 19.3 Å². The van der Waals surface area contributed by atoms with Gasteiger partial charge in [0.15, 0.2) is 0 Å². The summed E-state index contributed by atoms with van der Waals surface area (Å²) in [5.41, 5.74) is 6.79. The third-order valence-corrected chi connectivity index (χ3v) is 3.84. The molecule has 21 heavy (non-hydrogen) atoms. The minimum absolute atomic E-state index is 0.184. The summed E-state index contributed by atoms with van der Waals surface area (Å²) in [5, 5.41) is 9.68. The van der Waals surface area contributed by atoms with E-state index in [-0.39, 0.29) is 12.1 Å². The van der Waals surface area contributed by atoms with Crippen LogP contribution in [-0.4, -0.2) is 30.4 Å². The van der Waals surface area contributed by atoms with Crippen molar-refractivity contribution in [3.63, 3.8) is 0 Å². The summed E-state index contributed by atoms with van der Waals surface area (Å²) in [6.07, 6.45) is 6.42. The molecule has 1 amide bonds. The van der Waals surface area contributed by atoms with E-state index in [4.69, 9.17) is 10.5 Å². The maximum absolute atomic E-state index is 11.8. The lowest BCUT2D eigenvalue weighted by molar-refractivity contribution is 0.196. The van der Waals surface area contributed by atoms with Crippen LogP contribution >= 0.6 is 0 Å². The van der Waals surface area contributed by atoms with E-state index in [1.165, 1.54) is 4.90 Å². The van der Waals surface area contributed by atoms with Crippen LogP contribution in [0.5, 0.6) is 5.75 Å². The predicted molar refractivity (Wildman–Crippen MR) is 82.9 cm³/mol. The van der Waals surface area contributed by atoms with E-state index < -0.39 is 6.09 Å². The van der Waals surface area contributed by atoms with Gasteiger partial charge >= 0.3 is 6.09 Å². The van der Waals surface area contributed by atoms with Crippen molar-refractivity contribution in [2.24, 2.45) is 5.73 Å². The van der Waals surface area contributed by atoms with Gasteiger partial charge in [-0.15, -0.1) is 0 Å². The fourth-order valence-corrected chi connectivity index (χ4v) is 2.77. The molecule has 0 aliphatic heterocycles. The number of allylic oxidation sites excluding steroid dienone is 2. The average molecular weight is 290 g/mol. The first-order valence-electron chi connectivity index (χ1n) is 7.21. The third-order valence-electron chi connectivity index (χ3n) is 3.84. The number of amides is 1. The Bertz CT molecular complexity index is 516. The van der Waals surface area contributed by atoms with Gasteiger partial charge in [0.2, 0.25) is 0 Å². The molecule has 0 spiro atoms. The summed E-state index contributed by atoms with van der Waals surface area (Å²) in [4.78, 5) is 13.2. The molecule has 5 heteroatoms.